The standard InChI is InChI=1S/C26H21BrFN7O4.C16H12FN3O4.C10H11BrN4O.ClH/c1-13(36)18-11-34(19-3-2-16(6-17(18)19)39-26-30-7-15(28)8-31-26)12-24(37)35-20-4-14(20)5-21(35)25(38)33-23-10-29-9-22(27)32-23;1-9(21)13-7-20(8-15(22)23)14-3-2-11(4-12(13)14)24-16-18-5-10(17)6-19-16;11-8-3-12-4-9(14-8)15-10(16)7-2-5-1-6(5)13-7;/h2-3,6-11,14,20-21H,4-5,12H2,1H3,(H,32,33,38);2-7H,8H2,1H3,(H,22,23);3-7,13H,1-2H2,(H,14,15,16);1H/t14-,20-,21+;;5-,6-,7+;/m1.1./s1. The molecule has 4 fully saturated rings. The lowest BCUT2D eigenvalue weighted by atomic mass is 10.1. The van der Waals surface area contributed by atoms with Crippen molar-refractivity contribution in [3.63, 3.8) is 0 Å². The van der Waals surface area contributed by atoms with Crippen molar-refractivity contribution in [3.8, 4) is 23.5 Å². The smallest absolute Gasteiger partial charge is 0.323 e. The van der Waals surface area contributed by atoms with Gasteiger partial charge in [-0.1, -0.05) is 0 Å². The second-order valence-corrected chi connectivity index (χ2v) is 20.5. The molecule has 6 aromatic heterocycles. The molecule has 2 aliphatic carbocycles. The van der Waals surface area contributed by atoms with Crippen molar-refractivity contribution >= 4 is 113 Å². The normalized spacial score (nSPS) is 18.9. The number of aromatic nitrogens is 10. The third kappa shape index (κ3) is 13.2. The predicted molar refractivity (Wildman–Crippen MR) is 290 cm³/mol. The molecule has 0 spiro atoms. The Bertz CT molecular complexity index is 3700. The van der Waals surface area contributed by atoms with Gasteiger partial charge in [-0.3, -0.25) is 38.7 Å². The van der Waals surface area contributed by atoms with E-state index in [1.54, 1.807) is 64.5 Å². The number of ketones is 2. The van der Waals surface area contributed by atoms with E-state index >= 15 is 0 Å². The van der Waals surface area contributed by atoms with Gasteiger partial charge in [-0.05, 0) is 120 Å². The number of halogens is 5. The van der Waals surface area contributed by atoms with Crippen LogP contribution < -0.4 is 25.4 Å². The summed E-state index contributed by atoms with van der Waals surface area (Å²) in [6.45, 7) is 2.54. The topological polar surface area (TPSA) is 293 Å². The lowest BCUT2D eigenvalue weighted by molar-refractivity contribution is -0.138. The number of hydrogen-bond donors (Lipinski definition) is 4. The number of likely N-dealkylation sites (tertiary alicyclic amines) is 1. The van der Waals surface area contributed by atoms with E-state index in [0.717, 1.165) is 37.6 Å². The van der Waals surface area contributed by atoms with Gasteiger partial charge in [-0.15, -0.1) is 12.4 Å². The third-order valence-electron chi connectivity index (χ3n) is 13.3. The van der Waals surface area contributed by atoms with Gasteiger partial charge in [0.15, 0.2) is 34.8 Å². The quantitative estimate of drug-likeness (QED) is 0.0757. The first kappa shape index (κ1) is 56.5. The van der Waals surface area contributed by atoms with Crippen LogP contribution in [-0.4, -0.2) is 118 Å². The Morgan fingerprint density at radius 2 is 1.16 bits per heavy atom. The zero-order valence-electron chi connectivity index (χ0n) is 42.0. The molecule has 2 saturated heterocycles. The number of carboxylic acids is 1. The highest BCUT2D eigenvalue weighted by molar-refractivity contribution is 9.10. The van der Waals surface area contributed by atoms with Gasteiger partial charge < -0.3 is 44.6 Å². The Hall–Kier alpha value is -8.27. The summed E-state index contributed by atoms with van der Waals surface area (Å²) in [7, 11) is 0. The number of Topliss-reactive ketones (excluding diaryl/α,β-unsaturated/α-hetero) is 2. The van der Waals surface area contributed by atoms with Crippen molar-refractivity contribution in [2.45, 2.75) is 76.8 Å². The average molecular weight is 1240 g/mol. The molecule has 0 bridgehead atoms. The monoisotopic (exact) mass is 1240 g/mol. The fraction of sp³-hybridized carbons (Fsp3) is 0.269. The molecule has 412 valence electrons. The number of nitrogens with one attached hydrogen (secondary N) is 3. The lowest BCUT2D eigenvalue weighted by Crippen LogP contribution is -2.46. The number of benzene rings is 2. The number of hydrogen-bond acceptors (Lipinski definition) is 17. The van der Waals surface area contributed by atoms with Crippen LogP contribution in [-0.2, 0) is 32.3 Å². The number of fused-ring (bicyclic) bond motifs is 4. The molecule has 2 aromatic carbocycles. The zero-order chi connectivity index (χ0) is 55.6. The van der Waals surface area contributed by atoms with Gasteiger partial charge in [0, 0.05) is 57.4 Å². The highest BCUT2D eigenvalue weighted by atomic mass is 79.9. The SMILES string of the molecule is CC(=O)c1cn(CC(=O)N2[C@@H]3C[C@@H]3C[C@H]2C(=O)Nc2cncc(Br)n2)c2ccc(Oc3ncc(F)cn3)cc12.CC(=O)c1cn(CC(=O)O)c2ccc(Oc3ncc(F)cn3)cc12.Cl.O=C(Nc1cncc(Br)n1)[C@@H]1C[C@H]2C[C@H]2N1. The number of anilines is 2. The Labute approximate surface area is 475 Å². The minimum Gasteiger partial charge on any atom is -0.480 e. The van der Waals surface area contributed by atoms with Crippen molar-refractivity contribution in [1.29, 1.82) is 0 Å². The maximum atomic E-state index is 13.6. The van der Waals surface area contributed by atoms with Crippen LogP contribution >= 0.6 is 44.3 Å². The summed E-state index contributed by atoms with van der Waals surface area (Å²) in [5.74, 6) is -0.600. The minimum absolute atomic E-state index is 0. The Morgan fingerprint density at radius 3 is 1.62 bits per heavy atom. The van der Waals surface area contributed by atoms with Gasteiger partial charge in [0.25, 0.3) is 0 Å². The van der Waals surface area contributed by atoms with Gasteiger partial charge in [0.05, 0.1) is 55.6 Å². The van der Waals surface area contributed by atoms with Crippen LogP contribution in [0.15, 0.2) is 108 Å². The number of ether oxygens (including phenoxy) is 2. The molecule has 28 heteroatoms. The molecule has 8 aromatic rings. The van der Waals surface area contributed by atoms with Crippen LogP contribution in [0, 0.1) is 23.5 Å². The highest BCUT2D eigenvalue weighted by Crippen LogP contribution is 2.48. The van der Waals surface area contributed by atoms with E-state index in [-0.39, 0.29) is 78.9 Å². The van der Waals surface area contributed by atoms with Gasteiger partial charge in [-0.25, -0.2) is 38.7 Å². The third-order valence-corrected chi connectivity index (χ3v) is 14.1. The molecular formula is C52H45Br2ClF2N14O9. The molecule has 12 rings (SSSR count). The minimum atomic E-state index is -1.01. The zero-order valence-corrected chi connectivity index (χ0v) is 46.0. The molecule has 4 aliphatic rings. The molecule has 3 amide bonds. The van der Waals surface area contributed by atoms with Crippen LogP contribution in [0.4, 0.5) is 20.4 Å². The van der Waals surface area contributed by atoms with E-state index in [4.69, 9.17) is 14.6 Å². The second kappa shape index (κ2) is 24.0. The van der Waals surface area contributed by atoms with Crippen LogP contribution in [0.2, 0.25) is 0 Å². The summed E-state index contributed by atoms with van der Waals surface area (Å²) in [6, 6.07) is 9.70. The molecule has 23 nitrogen and oxygen atoms in total. The van der Waals surface area contributed by atoms with Crippen molar-refractivity contribution in [2.75, 3.05) is 10.6 Å². The molecule has 2 saturated carbocycles. The average Bonchev–Trinajstić information content (AvgIpc) is 4.27. The molecular weight excluding hydrogens is 1200 g/mol. The number of rotatable bonds is 14. The summed E-state index contributed by atoms with van der Waals surface area (Å²) in [5, 5.41) is 18.9. The van der Waals surface area contributed by atoms with Gasteiger partial charge >= 0.3 is 18.0 Å². The van der Waals surface area contributed by atoms with Crippen molar-refractivity contribution < 1.29 is 52.1 Å². The number of piperidine rings is 2. The molecule has 8 heterocycles. The van der Waals surface area contributed by atoms with Crippen molar-refractivity contribution in [3.05, 3.63) is 130 Å². The van der Waals surface area contributed by atoms with E-state index in [9.17, 15) is 37.5 Å². The summed E-state index contributed by atoms with van der Waals surface area (Å²) in [4.78, 5) is 107. The first-order chi connectivity index (χ1) is 37.9. The summed E-state index contributed by atoms with van der Waals surface area (Å²) < 4.78 is 41.3. The first-order valence-corrected chi connectivity index (χ1v) is 26.0. The molecule has 0 radical (unpaired) electrons. The largest absolute Gasteiger partial charge is 0.480 e. The number of carbonyl (C=O) groups excluding carboxylic acids is 5. The van der Waals surface area contributed by atoms with E-state index in [2.05, 4.69) is 87.7 Å². The first-order valence-electron chi connectivity index (χ1n) is 24.4. The van der Waals surface area contributed by atoms with Crippen LogP contribution in [0.25, 0.3) is 21.8 Å². The van der Waals surface area contributed by atoms with Gasteiger partial charge in [0.2, 0.25) is 17.7 Å². The number of nitrogens with zero attached hydrogens (tertiary/aromatic N) is 11. The van der Waals surface area contributed by atoms with E-state index in [0.29, 0.717) is 89.6 Å². The van der Waals surface area contributed by atoms with E-state index in [1.807, 2.05) is 0 Å². The molecule has 80 heavy (non-hydrogen) atoms. The fourth-order valence-corrected chi connectivity index (χ4v) is 10.2. The number of amides is 3. The second-order valence-electron chi connectivity index (χ2n) is 18.9. The van der Waals surface area contributed by atoms with Crippen LogP contribution in [0.5, 0.6) is 23.5 Å². The van der Waals surface area contributed by atoms with Crippen molar-refractivity contribution in [1.82, 2.24) is 59.2 Å². The van der Waals surface area contributed by atoms with Gasteiger partial charge in [-0.2, -0.15) is 0 Å². The Kier molecular flexibility index (Phi) is 16.9. The number of carbonyl (C=O) groups is 6. The maximum absolute atomic E-state index is 13.6. The Balaban J connectivity index is 0.000000160. The van der Waals surface area contributed by atoms with E-state index < -0.39 is 23.6 Å². The van der Waals surface area contributed by atoms with Gasteiger partial charge in [0.1, 0.15) is 39.8 Å². The highest BCUT2D eigenvalue weighted by Gasteiger charge is 2.56. The fourth-order valence-electron chi connectivity index (χ4n) is 9.59. The van der Waals surface area contributed by atoms with Crippen molar-refractivity contribution in [2.24, 2.45) is 11.8 Å². The maximum Gasteiger partial charge on any atom is 0.323 e. The lowest BCUT2D eigenvalue weighted by Gasteiger charge is -2.27. The molecule has 4 N–H and O–H groups in total. The number of aliphatic carboxylic acids is 1. The van der Waals surface area contributed by atoms with E-state index in [1.165, 1.54) is 43.4 Å². The predicted octanol–water partition coefficient (Wildman–Crippen LogP) is 7.75. The summed E-state index contributed by atoms with van der Waals surface area (Å²) in [5.41, 5.74) is 2.04. The van der Waals surface area contributed by atoms with Crippen LogP contribution in [0.1, 0.15) is 60.2 Å². The molecule has 2 aliphatic heterocycles. The summed E-state index contributed by atoms with van der Waals surface area (Å²) in [6.07, 6.45) is 16.8. The molecule has 0 unspecified atom stereocenters. The summed E-state index contributed by atoms with van der Waals surface area (Å²) >= 11 is 6.45. The Morgan fingerprint density at radius 1 is 0.662 bits per heavy atom. The number of carboxylic acid groups (broad SMARTS) is 1. The molecule has 6 atom stereocenters. The van der Waals surface area contributed by atoms with Crippen LogP contribution in [0.3, 0.4) is 0 Å².